The third kappa shape index (κ3) is 4.70. The molecule has 0 atom stereocenters. The van der Waals surface area contributed by atoms with Crippen LogP contribution < -0.4 is 0 Å². The summed E-state index contributed by atoms with van der Waals surface area (Å²) in [6.45, 7) is 0. The second-order valence-electron chi connectivity index (χ2n) is 1.51. The van der Waals surface area contributed by atoms with Crippen LogP contribution in [0.3, 0.4) is 0 Å². The van der Waals surface area contributed by atoms with Crippen molar-refractivity contribution in [1.82, 2.24) is 0 Å². The first-order chi connectivity index (χ1) is 4.66. The fraction of sp³-hybridized carbons (Fsp3) is 0.167. The maximum Gasteiger partial charge on any atom is 0.328 e. The maximum absolute atomic E-state index is 10.4. The van der Waals surface area contributed by atoms with Crippen LogP contribution >= 0.6 is 0 Å². The molecule has 0 spiro atoms. The van der Waals surface area contributed by atoms with Gasteiger partial charge in [0, 0.05) is 6.08 Å². The topological polar surface area (TPSA) is 71.4 Å². The van der Waals surface area contributed by atoms with Crippen molar-refractivity contribution in [3.05, 3.63) is 12.2 Å². The fourth-order valence-electron chi connectivity index (χ4n) is 0.314. The highest BCUT2D eigenvalue weighted by Crippen LogP contribution is 1.80. The van der Waals surface area contributed by atoms with Gasteiger partial charge >= 0.3 is 5.97 Å². The highest BCUT2D eigenvalue weighted by Gasteiger charge is 1.94. The Morgan fingerprint density at radius 3 is 2.30 bits per heavy atom. The predicted octanol–water partition coefficient (Wildman–Crippen LogP) is -0.215. The molecule has 0 unspecified atom stereocenters. The van der Waals surface area contributed by atoms with E-state index in [1.54, 1.807) is 0 Å². The molecule has 1 N–H and O–H groups in total. The van der Waals surface area contributed by atoms with Crippen molar-refractivity contribution in [3.63, 3.8) is 0 Å². The van der Waals surface area contributed by atoms with Crippen LogP contribution in [0.1, 0.15) is 6.42 Å². The molecule has 54 valence electrons. The molecule has 0 aromatic heterocycles. The van der Waals surface area contributed by atoms with Crippen LogP contribution in [-0.2, 0) is 14.4 Å². The summed E-state index contributed by atoms with van der Waals surface area (Å²) in [5.74, 6) is -1.70. The van der Waals surface area contributed by atoms with Crippen LogP contribution in [0, 0.1) is 0 Å². The number of allylic oxidation sites excluding steroid dienone is 1. The normalized spacial score (nSPS) is 9.60. The molecule has 0 aliphatic rings. The SMILES string of the molecule is O=CCC(=O)C=CC(=O)O. The van der Waals surface area contributed by atoms with Crippen LogP contribution in [-0.4, -0.2) is 23.1 Å². The number of carboxylic acid groups (broad SMARTS) is 1. The Kier molecular flexibility index (Phi) is 3.79. The number of carbonyl (C=O) groups excluding carboxylic acids is 2. The summed E-state index contributed by atoms with van der Waals surface area (Å²) in [5.41, 5.74) is 0. The van der Waals surface area contributed by atoms with Crippen molar-refractivity contribution in [2.24, 2.45) is 0 Å². The largest absolute Gasteiger partial charge is 0.478 e. The average Bonchev–Trinajstić information content (AvgIpc) is 1.85. The maximum atomic E-state index is 10.4. The van der Waals surface area contributed by atoms with Gasteiger partial charge in [-0.05, 0) is 6.08 Å². The number of carbonyl (C=O) groups is 3. The lowest BCUT2D eigenvalue weighted by atomic mass is 10.3. The fourth-order valence-corrected chi connectivity index (χ4v) is 0.314. The molecule has 0 radical (unpaired) electrons. The number of aldehydes is 1. The van der Waals surface area contributed by atoms with E-state index in [2.05, 4.69) is 0 Å². The zero-order valence-corrected chi connectivity index (χ0v) is 5.11. The lowest BCUT2D eigenvalue weighted by Crippen LogP contribution is -1.95. The minimum Gasteiger partial charge on any atom is -0.478 e. The van der Waals surface area contributed by atoms with Crippen molar-refractivity contribution in [3.8, 4) is 0 Å². The van der Waals surface area contributed by atoms with Crippen molar-refractivity contribution < 1.29 is 19.5 Å². The summed E-state index contributed by atoms with van der Waals surface area (Å²) in [7, 11) is 0. The van der Waals surface area contributed by atoms with E-state index in [9.17, 15) is 14.4 Å². The third-order valence-corrected chi connectivity index (χ3v) is 0.696. The Morgan fingerprint density at radius 2 is 1.90 bits per heavy atom. The minimum atomic E-state index is -1.20. The molecule has 0 heterocycles. The molecule has 4 nitrogen and oxygen atoms in total. The number of ketones is 1. The standard InChI is InChI=1S/C6H6O4/c7-4-3-5(8)1-2-6(9)10/h1-2,4H,3H2,(H,9,10). The van der Waals surface area contributed by atoms with Crippen LogP contribution in [0.15, 0.2) is 12.2 Å². The van der Waals surface area contributed by atoms with Crippen LogP contribution in [0.2, 0.25) is 0 Å². The molecule has 0 aliphatic heterocycles. The smallest absolute Gasteiger partial charge is 0.328 e. The van der Waals surface area contributed by atoms with Gasteiger partial charge in [0.25, 0.3) is 0 Å². The van der Waals surface area contributed by atoms with Gasteiger partial charge in [0.05, 0.1) is 6.42 Å². The number of carboxylic acids is 1. The molecule has 0 bridgehead atoms. The Hall–Kier alpha value is -1.45. The van der Waals surface area contributed by atoms with Gasteiger partial charge in [-0.3, -0.25) is 4.79 Å². The summed E-state index contributed by atoms with van der Waals surface area (Å²) in [6.07, 6.45) is 1.72. The van der Waals surface area contributed by atoms with Gasteiger partial charge in [0.15, 0.2) is 5.78 Å². The number of hydrogen-bond acceptors (Lipinski definition) is 3. The first kappa shape index (κ1) is 8.55. The molecule has 0 saturated carbocycles. The highest BCUT2D eigenvalue weighted by molar-refractivity contribution is 6.00. The average molecular weight is 142 g/mol. The van der Waals surface area contributed by atoms with E-state index in [1.807, 2.05) is 0 Å². The van der Waals surface area contributed by atoms with Crippen molar-refractivity contribution in [1.29, 1.82) is 0 Å². The van der Waals surface area contributed by atoms with E-state index in [4.69, 9.17) is 5.11 Å². The number of hydrogen-bond donors (Lipinski definition) is 1. The Morgan fingerprint density at radius 1 is 1.30 bits per heavy atom. The summed E-state index contributed by atoms with van der Waals surface area (Å²) in [6, 6.07) is 0. The predicted molar refractivity (Wildman–Crippen MR) is 32.5 cm³/mol. The van der Waals surface area contributed by atoms with Gasteiger partial charge in [0.2, 0.25) is 0 Å². The lowest BCUT2D eigenvalue weighted by molar-refractivity contribution is -0.131. The molecule has 0 aliphatic carbocycles. The van der Waals surface area contributed by atoms with E-state index in [-0.39, 0.29) is 6.42 Å². The molecule has 0 rings (SSSR count). The minimum absolute atomic E-state index is 0.260. The second kappa shape index (κ2) is 4.43. The first-order valence-corrected chi connectivity index (χ1v) is 2.54. The van der Waals surface area contributed by atoms with E-state index >= 15 is 0 Å². The summed E-state index contributed by atoms with van der Waals surface area (Å²) in [4.78, 5) is 29.8. The van der Waals surface area contributed by atoms with E-state index in [0.29, 0.717) is 12.4 Å². The van der Waals surface area contributed by atoms with Crippen molar-refractivity contribution in [2.45, 2.75) is 6.42 Å². The quantitative estimate of drug-likeness (QED) is 0.335. The lowest BCUT2D eigenvalue weighted by Gasteiger charge is -1.80. The van der Waals surface area contributed by atoms with Gasteiger partial charge < -0.3 is 9.90 Å². The molecule has 0 saturated heterocycles. The number of rotatable bonds is 4. The Labute approximate surface area is 57.2 Å². The van der Waals surface area contributed by atoms with Gasteiger partial charge in [0.1, 0.15) is 6.29 Å². The molecule has 0 amide bonds. The van der Waals surface area contributed by atoms with Crippen LogP contribution in [0.5, 0.6) is 0 Å². The molecule has 4 heteroatoms. The van der Waals surface area contributed by atoms with E-state index in [1.165, 1.54) is 0 Å². The molecule has 0 fully saturated rings. The summed E-state index contributed by atoms with van der Waals surface area (Å²) in [5, 5.41) is 8.00. The molecule has 0 aromatic rings. The van der Waals surface area contributed by atoms with Gasteiger partial charge in [-0.1, -0.05) is 0 Å². The second-order valence-corrected chi connectivity index (χ2v) is 1.51. The summed E-state index contributed by atoms with van der Waals surface area (Å²) >= 11 is 0. The zero-order valence-electron chi connectivity index (χ0n) is 5.11. The molecular formula is C6H6O4. The molecule has 10 heavy (non-hydrogen) atoms. The van der Waals surface area contributed by atoms with Crippen LogP contribution in [0.25, 0.3) is 0 Å². The highest BCUT2D eigenvalue weighted by atomic mass is 16.4. The van der Waals surface area contributed by atoms with Gasteiger partial charge in [-0.2, -0.15) is 0 Å². The van der Waals surface area contributed by atoms with Crippen LogP contribution in [0.4, 0.5) is 0 Å². The van der Waals surface area contributed by atoms with E-state index < -0.39 is 11.8 Å². The monoisotopic (exact) mass is 142 g/mol. The Bertz CT molecular complexity index is 180. The molecule has 0 aromatic carbocycles. The first-order valence-electron chi connectivity index (χ1n) is 2.54. The summed E-state index contributed by atoms with van der Waals surface area (Å²) < 4.78 is 0. The molecular weight excluding hydrogens is 136 g/mol. The third-order valence-electron chi connectivity index (χ3n) is 0.696. The Balaban J connectivity index is 3.77. The number of aliphatic carboxylic acids is 1. The zero-order chi connectivity index (χ0) is 7.98. The van der Waals surface area contributed by atoms with Crippen molar-refractivity contribution >= 4 is 18.0 Å². The van der Waals surface area contributed by atoms with Gasteiger partial charge in [-0.25, -0.2) is 4.79 Å². The van der Waals surface area contributed by atoms with Gasteiger partial charge in [-0.15, -0.1) is 0 Å². The van der Waals surface area contributed by atoms with E-state index in [0.717, 1.165) is 6.08 Å². The van der Waals surface area contributed by atoms with Crippen molar-refractivity contribution in [2.75, 3.05) is 0 Å².